The summed E-state index contributed by atoms with van der Waals surface area (Å²) in [4.78, 5) is 22.4. The molecule has 4 aromatic rings. The van der Waals surface area contributed by atoms with Crippen LogP contribution in [0, 0.1) is 13.8 Å². The number of rotatable bonds is 5. The molecule has 1 fully saturated rings. The van der Waals surface area contributed by atoms with Crippen molar-refractivity contribution in [2.45, 2.75) is 44.9 Å². The van der Waals surface area contributed by atoms with Gasteiger partial charge in [-0.25, -0.2) is 9.97 Å². The molecule has 0 atom stereocenters. The highest BCUT2D eigenvalue weighted by molar-refractivity contribution is 5.88. The number of halogens is 3. The zero-order valence-corrected chi connectivity index (χ0v) is 20.6. The second-order valence-corrected chi connectivity index (χ2v) is 9.35. The van der Waals surface area contributed by atoms with Crippen molar-refractivity contribution in [2.24, 2.45) is 0 Å². The lowest BCUT2D eigenvalue weighted by Crippen LogP contribution is -2.45. The molecule has 0 bridgehead atoms. The number of benzene rings is 2. The quantitative estimate of drug-likeness (QED) is 0.381. The Morgan fingerprint density at radius 3 is 2.46 bits per heavy atom. The zero-order valence-electron chi connectivity index (χ0n) is 20.6. The summed E-state index contributed by atoms with van der Waals surface area (Å²) in [6.45, 7) is 4.36. The van der Waals surface area contributed by atoms with E-state index >= 15 is 0 Å². The van der Waals surface area contributed by atoms with Crippen LogP contribution in [0.5, 0.6) is 0 Å². The van der Waals surface area contributed by atoms with Gasteiger partial charge in [0.1, 0.15) is 11.6 Å². The smallest absolute Gasteiger partial charge is 0.381 e. The van der Waals surface area contributed by atoms with E-state index < -0.39 is 17.3 Å². The molecular formula is C28H27F3N4O2. The Morgan fingerprint density at radius 2 is 1.76 bits per heavy atom. The van der Waals surface area contributed by atoms with Crippen LogP contribution in [0.25, 0.3) is 10.9 Å². The molecule has 0 aliphatic carbocycles. The molecule has 0 unspecified atom stereocenters. The Bertz CT molecular complexity index is 1490. The summed E-state index contributed by atoms with van der Waals surface area (Å²) in [6.07, 6.45) is -1.40. The first-order chi connectivity index (χ1) is 17.7. The highest BCUT2D eigenvalue weighted by Gasteiger charge is 2.37. The van der Waals surface area contributed by atoms with E-state index in [9.17, 15) is 18.0 Å². The molecule has 0 saturated carbocycles. The standard InChI is InChI=1S/C28H27F3N4O2/c1-18-20(7-6-10-23(18)28(29,30)31)16-32-26-22-17-35(25(36)15-24(22)33-19(2)34-26)27(11-13-37-14-12-27)21-8-4-3-5-9-21/h3-10,15,17H,11-14,16H2,1-2H3,(H,32,33,34). The van der Waals surface area contributed by atoms with E-state index in [2.05, 4.69) is 15.3 Å². The Balaban J connectivity index is 1.60. The number of nitrogens with one attached hydrogen (secondary N) is 1. The van der Waals surface area contributed by atoms with Gasteiger partial charge in [-0.1, -0.05) is 42.5 Å². The van der Waals surface area contributed by atoms with Crippen molar-refractivity contribution in [1.29, 1.82) is 0 Å². The van der Waals surface area contributed by atoms with Crippen molar-refractivity contribution >= 4 is 16.7 Å². The number of aryl methyl sites for hydroxylation is 1. The molecular weight excluding hydrogens is 481 g/mol. The molecule has 1 saturated heterocycles. The fourth-order valence-corrected chi connectivity index (χ4v) is 5.18. The molecule has 0 radical (unpaired) electrons. The predicted octanol–water partition coefficient (Wildman–Crippen LogP) is 5.59. The van der Waals surface area contributed by atoms with E-state index in [4.69, 9.17) is 4.74 Å². The highest BCUT2D eigenvalue weighted by atomic mass is 19.4. The van der Waals surface area contributed by atoms with Gasteiger partial charge in [0.2, 0.25) is 0 Å². The first-order valence-electron chi connectivity index (χ1n) is 12.1. The molecule has 2 aromatic carbocycles. The van der Waals surface area contributed by atoms with E-state index in [-0.39, 0.29) is 17.7 Å². The van der Waals surface area contributed by atoms with Crippen molar-refractivity contribution < 1.29 is 17.9 Å². The topological polar surface area (TPSA) is 69.0 Å². The first kappa shape index (κ1) is 25.0. The zero-order chi connectivity index (χ0) is 26.2. The van der Waals surface area contributed by atoms with Crippen LogP contribution in [0.3, 0.4) is 0 Å². The van der Waals surface area contributed by atoms with Crippen molar-refractivity contribution in [3.05, 3.63) is 99.2 Å². The van der Waals surface area contributed by atoms with Gasteiger partial charge in [0.25, 0.3) is 5.56 Å². The molecule has 1 aliphatic rings. The first-order valence-corrected chi connectivity index (χ1v) is 12.1. The van der Waals surface area contributed by atoms with E-state index in [1.54, 1.807) is 23.8 Å². The maximum absolute atomic E-state index is 13.4. The normalized spacial score (nSPS) is 15.6. The Morgan fingerprint density at radius 1 is 1.03 bits per heavy atom. The van der Waals surface area contributed by atoms with Crippen LogP contribution in [0.2, 0.25) is 0 Å². The summed E-state index contributed by atoms with van der Waals surface area (Å²) in [5.74, 6) is 0.917. The lowest BCUT2D eigenvalue weighted by atomic mass is 9.82. The van der Waals surface area contributed by atoms with Gasteiger partial charge in [0.15, 0.2) is 0 Å². The summed E-state index contributed by atoms with van der Waals surface area (Å²) < 4.78 is 47.6. The van der Waals surface area contributed by atoms with Gasteiger partial charge in [-0.05, 0) is 49.4 Å². The SMILES string of the molecule is Cc1nc(NCc2cccc(C(F)(F)F)c2C)c2cn(C3(c4ccccc4)CCOCC3)c(=O)cc2n1. The van der Waals surface area contributed by atoms with E-state index in [1.807, 2.05) is 30.3 Å². The maximum atomic E-state index is 13.4. The van der Waals surface area contributed by atoms with Crippen LogP contribution >= 0.6 is 0 Å². The summed E-state index contributed by atoms with van der Waals surface area (Å²) in [5.41, 5.74) is 0.737. The Kier molecular flexibility index (Phi) is 6.49. The number of ether oxygens (including phenoxy) is 1. The van der Waals surface area contributed by atoms with Crippen molar-refractivity contribution in [1.82, 2.24) is 14.5 Å². The van der Waals surface area contributed by atoms with E-state index in [0.717, 1.165) is 11.6 Å². The van der Waals surface area contributed by atoms with Gasteiger partial charge in [-0.2, -0.15) is 13.2 Å². The average molecular weight is 509 g/mol. The van der Waals surface area contributed by atoms with Gasteiger partial charge < -0.3 is 14.6 Å². The number of aromatic nitrogens is 3. The molecule has 3 heterocycles. The van der Waals surface area contributed by atoms with Crippen LogP contribution in [-0.2, 0) is 23.0 Å². The predicted molar refractivity (Wildman–Crippen MR) is 136 cm³/mol. The molecule has 37 heavy (non-hydrogen) atoms. The average Bonchev–Trinajstić information content (AvgIpc) is 2.87. The van der Waals surface area contributed by atoms with Crippen molar-refractivity contribution in [3.8, 4) is 0 Å². The van der Waals surface area contributed by atoms with E-state index in [0.29, 0.717) is 54.2 Å². The lowest BCUT2D eigenvalue weighted by molar-refractivity contribution is -0.138. The van der Waals surface area contributed by atoms with E-state index in [1.165, 1.54) is 19.1 Å². The lowest BCUT2D eigenvalue weighted by Gasteiger charge is -2.39. The van der Waals surface area contributed by atoms with Crippen LogP contribution < -0.4 is 10.9 Å². The van der Waals surface area contributed by atoms with Gasteiger partial charge in [0, 0.05) is 32.0 Å². The number of hydrogen-bond acceptors (Lipinski definition) is 5. The second kappa shape index (κ2) is 9.63. The van der Waals surface area contributed by atoms with Crippen LogP contribution in [0.15, 0.2) is 65.6 Å². The van der Waals surface area contributed by atoms with Crippen molar-refractivity contribution in [2.75, 3.05) is 18.5 Å². The summed E-state index contributed by atoms with van der Waals surface area (Å²) in [5, 5.41) is 3.83. The molecule has 1 N–H and O–H groups in total. The minimum Gasteiger partial charge on any atom is -0.381 e. The maximum Gasteiger partial charge on any atom is 0.416 e. The molecule has 5 rings (SSSR count). The third-order valence-electron chi connectivity index (χ3n) is 7.13. The fraction of sp³-hybridized carbons (Fsp3) is 0.321. The largest absolute Gasteiger partial charge is 0.416 e. The summed E-state index contributed by atoms with van der Waals surface area (Å²) in [6, 6.07) is 15.5. The monoisotopic (exact) mass is 508 g/mol. The van der Waals surface area contributed by atoms with Crippen LogP contribution in [0.1, 0.15) is 40.9 Å². The molecule has 192 valence electrons. The fourth-order valence-electron chi connectivity index (χ4n) is 5.18. The molecule has 9 heteroatoms. The third kappa shape index (κ3) is 4.71. The summed E-state index contributed by atoms with van der Waals surface area (Å²) in [7, 11) is 0. The molecule has 2 aromatic heterocycles. The highest BCUT2D eigenvalue weighted by Crippen LogP contribution is 2.37. The van der Waals surface area contributed by atoms with Gasteiger partial charge in [0.05, 0.1) is 22.0 Å². The van der Waals surface area contributed by atoms with Gasteiger partial charge in [-0.15, -0.1) is 0 Å². The summed E-state index contributed by atoms with van der Waals surface area (Å²) >= 11 is 0. The number of hydrogen-bond donors (Lipinski definition) is 1. The van der Waals surface area contributed by atoms with Crippen LogP contribution in [-0.4, -0.2) is 27.7 Å². The number of anilines is 1. The Labute approximate surface area is 212 Å². The van der Waals surface area contributed by atoms with Crippen LogP contribution in [0.4, 0.5) is 19.0 Å². The number of alkyl halides is 3. The second-order valence-electron chi connectivity index (χ2n) is 9.35. The molecule has 0 amide bonds. The third-order valence-corrected chi connectivity index (χ3v) is 7.13. The number of fused-ring (bicyclic) bond motifs is 1. The number of pyridine rings is 1. The molecule has 6 nitrogen and oxygen atoms in total. The van der Waals surface area contributed by atoms with Gasteiger partial charge in [-0.3, -0.25) is 4.79 Å². The minimum atomic E-state index is -4.43. The van der Waals surface area contributed by atoms with Gasteiger partial charge >= 0.3 is 6.18 Å². The molecule has 0 spiro atoms. The number of nitrogens with zero attached hydrogens (tertiary/aromatic N) is 3. The minimum absolute atomic E-state index is 0.137. The molecule has 1 aliphatic heterocycles. The Hall–Kier alpha value is -3.72. The van der Waals surface area contributed by atoms with Crippen molar-refractivity contribution in [3.63, 3.8) is 0 Å².